The van der Waals surface area contributed by atoms with Crippen LogP contribution < -0.4 is 15.2 Å². The number of furan rings is 1. The number of fused-ring (bicyclic) bond motifs is 6. The van der Waals surface area contributed by atoms with Gasteiger partial charge < -0.3 is 37.6 Å². The van der Waals surface area contributed by atoms with E-state index in [0.717, 1.165) is 89.4 Å². The number of benzene rings is 3. The number of Topliss-reactive ketones (excluding diaryl/α,β-unsaturated/α-hetero) is 2. The van der Waals surface area contributed by atoms with E-state index in [2.05, 4.69) is 31.0 Å². The van der Waals surface area contributed by atoms with E-state index >= 15 is 0 Å². The molecule has 15 rings (SSSR count). The second kappa shape index (κ2) is 23.5. The lowest BCUT2D eigenvalue weighted by Crippen LogP contribution is -2.56. The predicted octanol–water partition coefficient (Wildman–Crippen LogP) is 8.75. The third-order valence-electron chi connectivity index (χ3n) is 18.5. The van der Waals surface area contributed by atoms with Gasteiger partial charge in [0.05, 0.1) is 65.4 Å². The molecule has 9 heterocycles. The summed E-state index contributed by atoms with van der Waals surface area (Å²) in [5, 5.41) is 8.84. The first-order valence-corrected chi connectivity index (χ1v) is 32.6. The largest absolute Gasteiger partial charge is 0.460 e. The van der Waals surface area contributed by atoms with Crippen LogP contribution in [0.5, 0.6) is 0 Å². The van der Waals surface area contributed by atoms with Crippen LogP contribution in [0.2, 0.25) is 0 Å². The quantitative estimate of drug-likeness (QED) is 0.133. The first kappa shape index (κ1) is 59.1. The first-order valence-electron chi connectivity index (χ1n) is 29.9. The molecule has 4 fully saturated rings. The molecule has 1 N–H and O–H groups in total. The number of carbonyl (C=O) groups is 4. The Labute approximate surface area is 511 Å². The molecule has 7 aliphatic rings. The van der Waals surface area contributed by atoms with Crippen LogP contribution in [0.25, 0.3) is 54.6 Å². The number of nitrogens with one attached hydrogen (secondary N) is 1. The average molecular weight is 1230 g/mol. The van der Waals surface area contributed by atoms with E-state index in [1.54, 1.807) is 21.7 Å². The van der Waals surface area contributed by atoms with Crippen LogP contribution in [0.1, 0.15) is 84.7 Å². The fourth-order valence-electron chi connectivity index (χ4n) is 14.1. The summed E-state index contributed by atoms with van der Waals surface area (Å²) in [5.41, 5.74) is 5.79. The van der Waals surface area contributed by atoms with Gasteiger partial charge in [-0.05, 0) is 49.1 Å². The number of ether oxygens (including phenoxy) is 4. The number of piperazine rings is 1. The number of rotatable bonds is 9. The Morgan fingerprint density at radius 3 is 2.26 bits per heavy atom. The molecule has 0 amide bonds. The van der Waals surface area contributed by atoms with Crippen LogP contribution in [0, 0.1) is 11.3 Å². The lowest BCUT2D eigenvalue weighted by atomic mass is 9.54. The number of H-pyrrole nitrogens is 1. The van der Waals surface area contributed by atoms with Crippen LogP contribution in [0.4, 0.5) is 11.7 Å². The lowest BCUT2D eigenvalue weighted by Gasteiger charge is -2.51. The second-order valence-electron chi connectivity index (χ2n) is 23.8. The number of sulfonamides is 1. The zero-order valence-corrected chi connectivity index (χ0v) is 51.3. The number of ketones is 2. The Bertz CT molecular complexity index is 4270. The highest BCUT2D eigenvalue weighted by atomic mass is 32.2. The number of thiophene rings is 1. The van der Waals surface area contributed by atoms with Gasteiger partial charge >= 0.3 is 11.9 Å². The third-order valence-corrected chi connectivity index (χ3v) is 20.9. The van der Waals surface area contributed by atoms with Crippen LogP contribution in [-0.4, -0.2) is 159 Å². The number of morpholine rings is 2. The number of hydrogen-bond donors (Lipinski definition) is 1. The summed E-state index contributed by atoms with van der Waals surface area (Å²) in [5.74, 6) is 0.923. The summed E-state index contributed by atoms with van der Waals surface area (Å²) in [6.07, 6.45) is 4.91. The highest BCUT2D eigenvalue weighted by Crippen LogP contribution is 2.61. The van der Waals surface area contributed by atoms with Gasteiger partial charge in [-0.25, -0.2) is 23.2 Å². The molecule has 1 saturated carbocycles. The Balaban J connectivity index is 0.000000124. The summed E-state index contributed by atoms with van der Waals surface area (Å²) >= 11 is 1.73. The lowest BCUT2D eigenvalue weighted by molar-refractivity contribution is -0.149. The molecule has 23 heteroatoms. The summed E-state index contributed by atoms with van der Waals surface area (Å²) in [6, 6.07) is 25.5. The van der Waals surface area contributed by atoms with Crippen LogP contribution >= 0.6 is 11.3 Å². The van der Waals surface area contributed by atoms with Gasteiger partial charge in [0.2, 0.25) is 15.8 Å². The molecule has 21 nitrogen and oxygen atoms in total. The van der Waals surface area contributed by atoms with E-state index in [4.69, 9.17) is 37.7 Å². The number of cyclic esters (lactones) is 1. The van der Waals surface area contributed by atoms with E-state index in [-0.39, 0.29) is 34.2 Å². The van der Waals surface area contributed by atoms with E-state index in [1.807, 2.05) is 93.7 Å². The maximum atomic E-state index is 13.7. The minimum Gasteiger partial charge on any atom is -0.460 e. The number of anilines is 2. The van der Waals surface area contributed by atoms with Crippen molar-refractivity contribution in [3.63, 3.8) is 0 Å². The van der Waals surface area contributed by atoms with Gasteiger partial charge in [0.1, 0.15) is 35.4 Å². The van der Waals surface area contributed by atoms with Gasteiger partial charge in [-0.15, -0.1) is 11.3 Å². The maximum absolute atomic E-state index is 13.7. The number of nitrogens with zero attached hydrogens (tertiary/aromatic N) is 7. The van der Waals surface area contributed by atoms with Gasteiger partial charge in [-0.2, -0.15) is 9.40 Å². The summed E-state index contributed by atoms with van der Waals surface area (Å²) in [6.45, 7) is 16.0. The van der Waals surface area contributed by atoms with Crippen LogP contribution in [-0.2, 0) is 50.5 Å². The van der Waals surface area contributed by atoms with Crippen molar-refractivity contribution in [1.82, 2.24) is 29.4 Å². The molecule has 0 radical (unpaired) electrons. The van der Waals surface area contributed by atoms with E-state index < -0.39 is 45.0 Å². The standard InChI is InChI=1S/C23H27N7O3S2.C23H24O7.C19H17NO3/c1-35(31,32)30-7-5-28(6-8-30)15-16-13-20-21(34-16)23(29-9-11-33-12-10-29)26-22(25-20)17-3-2-4-19-18(17)14-24-27-19;1-5-15-23(4)17-11(21(27)30-15)9-28-20(17)19(26)16-12-6-7-14(25)22(12,3)8-13(18(16)23)29-10(2)24;21-17-13-18(20-9-11-22-12-10-20)23-19-15(7-4-8-16(17)19)14-5-2-1-3-6-14/h2-4,13-14H,5-12,15H2,1H3,(H,24,27);9,12-13,15H,5-8H2,1-4H3;1-8,13H,9-12H2/t;12-,13+,15+,22-,23-;/m.0./s1. The highest BCUT2D eigenvalue weighted by molar-refractivity contribution is 7.88. The van der Waals surface area contributed by atoms with E-state index in [0.29, 0.717) is 105 Å². The van der Waals surface area contributed by atoms with Crippen molar-refractivity contribution >= 4 is 88.7 Å². The number of allylic oxidation sites excluding steroid dienone is 1. The van der Waals surface area contributed by atoms with Crippen molar-refractivity contribution in [3.8, 4) is 22.5 Å². The molecule has 0 unspecified atom stereocenters. The number of aromatic nitrogens is 4. The molecular weight excluding hydrogens is 1160 g/mol. The van der Waals surface area contributed by atoms with Crippen molar-refractivity contribution in [2.24, 2.45) is 11.3 Å². The molecule has 5 atom stereocenters. The molecule has 3 aromatic carbocycles. The van der Waals surface area contributed by atoms with E-state index in [9.17, 15) is 32.4 Å². The molecule has 0 bridgehead atoms. The summed E-state index contributed by atoms with van der Waals surface area (Å²) < 4.78 is 60.5. The van der Waals surface area contributed by atoms with Crippen LogP contribution in [0.15, 0.2) is 116 Å². The monoisotopic (exact) mass is 1230 g/mol. The second-order valence-corrected chi connectivity index (χ2v) is 26.9. The topological polar surface area (TPSA) is 250 Å². The molecule has 458 valence electrons. The third kappa shape index (κ3) is 10.6. The smallest absolute Gasteiger partial charge is 0.342 e. The molecular formula is C65H68N8O13S2. The predicted molar refractivity (Wildman–Crippen MR) is 331 cm³/mol. The van der Waals surface area contributed by atoms with Crippen molar-refractivity contribution < 1.29 is 55.4 Å². The van der Waals surface area contributed by atoms with Gasteiger partial charge in [0.25, 0.3) is 0 Å². The van der Waals surface area contributed by atoms with Gasteiger partial charge in [0, 0.05) is 129 Å². The average Bonchev–Trinajstić information content (AvgIpc) is 1.34. The minimum absolute atomic E-state index is 0.00878. The number of aromatic amines is 1. The minimum atomic E-state index is -3.13. The molecule has 3 saturated heterocycles. The van der Waals surface area contributed by atoms with Gasteiger partial charge in [-0.3, -0.25) is 29.2 Å². The highest BCUT2D eigenvalue weighted by Gasteiger charge is 2.64. The fraction of sp³-hybridized carbons (Fsp3) is 0.415. The summed E-state index contributed by atoms with van der Waals surface area (Å²) in [7, 11) is -3.13. The Hall–Kier alpha value is -7.93. The zero-order chi connectivity index (χ0) is 61.2. The van der Waals surface area contributed by atoms with Crippen molar-refractivity contribution in [1.29, 1.82) is 0 Å². The van der Waals surface area contributed by atoms with E-state index in [1.165, 1.54) is 24.3 Å². The number of esters is 2. The molecule has 5 aromatic heterocycles. The molecule has 88 heavy (non-hydrogen) atoms. The van der Waals surface area contributed by atoms with Crippen molar-refractivity contribution in [2.75, 3.05) is 94.8 Å². The van der Waals surface area contributed by atoms with Gasteiger partial charge in [0.15, 0.2) is 28.7 Å². The Kier molecular flexibility index (Phi) is 15.8. The number of hydrogen-bond acceptors (Lipinski definition) is 20. The zero-order valence-electron chi connectivity index (χ0n) is 49.7. The Morgan fingerprint density at radius 1 is 0.830 bits per heavy atom. The van der Waals surface area contributed by atoms with Crippen LogP contribution in [0.3, 0.4) is 0 Å². The Morgan fingerprint density at radius 2 is 1.55 bits per heavy atom. The SMILES string of the molecule is CC[C@H]1OC(=O)c2coc3c2[C@@]1(C)C1=C(C3=O)[C@@H]2CCC(=O)[C@@]2(C)C[C@H]1OC(C)=O.CS(=O)(=O)N1CCN(Cc2cc3nc(-c4cccc5[nH]ncc45)nc(N4CCOCC4)c3s2)CC1.O=c1cc(N2CCOCC2)oc2c(-c3ccccc3)cccc12. The van der Waals surface area contributed by atoms with Crippen molar-refractivity contribution in [2.45, 2.75) is 77.5 Å². The normalized spacial score (nSPS) is 23.9. The fourth-order valence-corrected chi connectivity index (χ4v) is 16.1. The number of para-hydroxylation sites is 1. The molecule has 8 aromatic rings. The van der Waals surface area contributed by atoms with Gasteiger partial charge in [-0.1, -0.05) is 68.4 Å². The summed E-state index contributed by atoms with van der Waals surface area (Å²) in [4.78, 5) is 81.5. The first-order chi connectivity index (χ1) is 42.4. The maximum Gasteiger partial charge on any atom is 0.342 e. The molecule has 3 aliphatic carbocycles. The number of carbonyl (C=O) groups excluding carboxylic acids is 4. The molecule has 4 aliphatic heterocycles. The van der Waals surface area contributed by atoms with Crippen molar-refractivity contribution in [3.05, 3.63) is 134 Å². The molecule has 0 spiro atoms.